The van der Waals surface area contributed by atoms with E-state index in [-0.39, 0.29) is 30.2 Å². The molecule has 0 radical (unpaired) electrons. The monoisotopic (exact) mass is 285 g/mol. The molecule has 4 nitrogen and oxygen atoms in total. The Balaban J connectivity index is 2.75. The van der Waals surface area contributed by atoms with Crippen molar-refractivity contribution in [2.45, 2.75) is 18.9 Å². The highest BCUT2D eigenvalue weighted by atomic mass is 32.1. The molecule has 0 unspecified atom stereocenters. The quantitative estimate of drug-likeness (QED) is 0.786. The van der Waals surface area contributed by atoms with Crippen LogP contribution in [0.5, 0.6) is 0 Å². The molecule has 1 aromatic carbocycles. The largest absolute Gasteiger partial charge is 0.453 e. The standard InChI is InChI=1S/C13H16FNO3S/c1-18-13(17)15-10(7-11(16)8-19)6-9-4-2-3-5-12(9)14/h2-5,10,19H,6-8H2,1H3,(H,15,17)/t10-/m1/s1. The second kappa shape index (κ2) is 7.78. The van der Waals surface area contributed by atoms with Crippen LogP contribution >= 0.6 is 12.6 Å². The van der Waals surface area contributed by atoms with E-state index in [2.05, 4.69) is 22.7 Å². The van der Waals surface area contributed by atoms with E-state index >= 15 is 0 Å². The van der Waals surface area contributed by atoms with Crippen molar-refractivity contribution >= 4 is 24.5 Å². The Morgan fingerprint density at radius 2 is 2.11 bits per heavy atom. The number of Topliss-reactive ketones (excluding diaryl/α,β-unsaturated/α-hetero) is 1. The second-order valence-electron chi connectivity index (χ2n) is 4.03. The minimum absolute atomic E-state index is 0.0800. The average molecular weight is 285 g/mol. The predicted octanol–water partition coefficient (Wildman–Crippen LogP) is 1.98. The number of alkyl carbamates (subject to hydrolysis) is 1. The van der Waals surface area contributed by atoms with E-state index in [9.17, 15) is 14.0 Å². The molecule has 0 saturated carbocycles. The first-order valence-corrected chi connectivity index (χ1v) is 6.40. The Morgan fingerprint density at radius 3 is 2.68 bits per heavy atom. The summed E-state index contributed by atoms with van der Waals surface area (Å²) in [7, 11) is 1.23. The second-order valence-corrected chi connectivity index (χ2v) is 4.35. The molecule has 19 heavy (non-hydrogen) atoms. The molecule has 0 spiro atoms. The van der Waals surface area contributed by atoms with Gasteiger partial charge in [0.25, 0.3) is 0 Å². The summed E-state index contributed by atoms with van der Waals surface area (Å²) in [6, 6.07) is 5.73. The van der Waals surface area contributed by atoms with Gasteiger partial charge in [0.2, 0.25) is 0 Å². The zero-order chi connectivity index (χ0) is 14.3. The molecule has 0 aliphatic carbocycles. The molecule has 0 fully saturated rings. The summed E-state index contributed by atoms with van der Waals surface area (Å²) >= 11 is 3.88. The van der Waals surface area contributed by atoms with Gasteiger partial charge in [0, 0.05) is 18.2 Å². The van der Waals surface area contributed by atoms with E-state index in [0.717, 1.165) is 0 Å². The zero-order valence-corrected chi connectivity index (χ0v) is 11.5. The molecule has 1 N–H and O–H groups in total. The minimum Gasteiger partial charge on any atom is -0.453 e. The highest BCUT2D eigenvalue weighted by Crippen LogP contribution is 2.11. The molecule has 0 aliphatic rings. The zero-order valence-electron chi connectivity index (χ0n) is 10.6. The van der Waals surface area contributed by atoms with E-state index in [1.54, 1.807) is 18.2 Å². The molecule has 1 amide bonds. The van der Waals surface area contributed by atoms with E-state index in [1.165, 1.54) is 13.2 Å². The molecule has 104 valence electrons. The van der Waals surface area contributed by atoms with E-state index in [1.807, 2.05) is 0 Å². The summed E-state index contributed by atoms with van der Waals surface area (Å²) in [5, 5.41) is 2.53. The van der Waals surface area contributed by atoms with Crippen LogP contribution in [-0.2, 0) is 16.0 Å². The molecule has 6 heteroatoms. The number of methoxy groups -OCH3 is 1. The minimum atomic E-state index is -0.645. The summed E-state index contributed by atoms with van der Waals surface area (Å²) in [5.41, 5.74) is 0.441. The molecule has 1 aromatic rings. The van der Waals surface area contributed by atoms with Gasteiger partial charge in [-0.3, -0.25) is 4.79 Å². The molecular weight excluding hydrogens is 269 g/mol. The number of ether oxygens (including phenoxy) is 1. The molecule has 1 rings (SSSR count). The van der Waals surface area contributed by atoms with Crippen LogP contribution in [0.1, 0.15) is 12.0 Å². The van der Waals surface area contributed by atoms with Gasteiger partial charge in [0.05, 0.1) is 7.11 Å². The molecule has 0 saturated heterocycles. The molecular formula is C13H16FNO3S. The number of carbonyl (C=O) groups excluding carboxylic acids is 2. The van der Waals surface area contributed by atoms with Crippen molar-refractivity contribution < 1.29 is 18.7 Å². The van der Waals surface area contributed by atoms with Crippen LogP contribution in [0.25, 0.3) is 0 Å². The number of amides is 1. The maximum atomic E-state index is 13.5. The number of carbonyl (C=O) groups is 2. The van der Waals surface area contributed by atoms with Crippen LogP contribution in [0.4, 0.5) is 9.18 Å². The fraction of sp³-hybridized carbons (Fsp3) is 0.385. The molecule has 0 bridgehead atoms. The number of benzene rings is 1. The Morgan fingerprint density at radius 1 is 1.42 bits per heavy atom. The Kier molecular flexibility index (Phi) is 6.35. The number of halogens is 1. The van der Waals surface area contributed by atoms with Gasteiger partial charge in [0.1, 0.15) is 11.6 Å². The van der Waals surface area contributed by atoms with E-state index in [4.69, 9.17) is 0 Å². The van der Waals surface area contributed by atoms with Crippen LogP contribution in [0.15, 0.2) is 24.3 Å². The number of hydrogen-bond donors (Lipinski definition) is 2. The Labute approximate surface area is 116 Å². The van der Waals surface area contributed by atoms with Crippen molar-refractivity contribution in [3.05, 3.63) is 35.6 Å². The van der Waals surface area contributed by atoms with Crippen LogP contribution in [0, 0.1) is 5.82 Å². The first-order chi connectivity index (χ1) is 9.06. The van der Waals surface area contributed by atoms with Gasteiger partial charge in [-0.15, -0.1) is 0 Å². The maximum absolute atomic E-state index is 13.5. The number of thiol groups is 1. The average Bonchev–Trinajstić information content (AvgIpc) is 2.40. The lowest BCUT2D eigenvalue weighted by Crippen LogP contribution is -2.38. The van der Waals surface area contributed by atoms with Gasteiger partial charge in [-0.1, -0.05) is 18.2 Å². The summed E-state index contributed by atoms with van der Waals surface area (Å²) in [6.07, 6.45) is -0.331. The first kappa shape index (κ1) is 15.5. The van der Waals surface area contributed by atoms with Crippen LogP contribution in [0.2, 0.25) is 0 Å². The van der Waals surface area contributed by atoms with Crippen LogP contribution in [0.3, 0.4) is 0 Å². The Hall–Kier alpha value is -1.56. The van der Waals surface area contributed by atoms with E-state index in [0.29, 0.717) is 5.56 Å². The SMILES string of the molecule is COC(=O)N[C@@H](CC(=O)CS)Cc1ccccc1F. The highest BCUT2D eigenvalue weighted by Gasteiger charge is 2.18. The first-order valence-electron chi connectivity index (χ1n) is 5.77. The predicted molar refractivity (Wildman–Crippen MR) is 72.9 cm³/mol. The lowest BCUT2D eigenvalue weighted by atomic mass is 10.0. The van der Waals surface area contributed by atoms with Crippen LogP contribution < -0.4 is 5.32 Å². The van der Waals surface area contributed by atoms with Gasteiger partial charge in [0.15, 0.2) is 0 Å². The van der Waals surface area contributed by atoms with Crippen molar-refractivity contribution in [2.24, 2.45) is 0 Å². The third kappa shape index (κ3) is 5.30. The van der Waals surface area contributed by atoms with Gasteiger partial charge in [-0.25, -0.2) is 9.18 Å². The summed E-state index contributed by atoms with van der Waals surface area (Å²) in [6.45, 7) is 0. The van der Waals surface area contributed by atoms with Crippen molar-refractivity contribution in [2.75, 3.05) is 12.9 Å². The summed E-state index contributed by atoms with van der Waals surface area (Å²) in [4.78, 5) is 22.6. The summed E-state index contributed by atoms with van der Waals surface area (Å²) in [5.74, 6) is -0.407. The number of ketones is 1. The molecule has 0 aromatic heterocycles. The van der Waals surface area contributed by atoms with Crippen molar-refractivity contribution in [1.82, 2.24) is 5.32 Å². The smallest absolute Gasteiger partial charge is 0.407 e. The van der Waals surface area contributed by atoms with Crippen molar-refractivity contribution in [3.63, 3.8) is 0 Å². The number of hydrogen-bond acceptors (Lipinski definition) is 4. The third-order valence-corrected chi connectivity index (χ3v) is 2.93. The van der Waals surface area contributed by atoms with Gasteiger partial charge in [-0.05, 0) is 18.1 Å². The number of nitrogens with one attached hydrogen (secondary N) is 1. The fourth-order valence-electron chi connectivity index (χ4n) is 1.67. The maximum Gasteiger partial charge on any atom is 0.407 e. The van der Waals surface area contributed by atoms with Gasteiger partial charge >= 0.3 is 6.09 Å². The lowest BCUT2D eigenvalue weighted by molar-refractivity contribution is -0.117. The third-order valence-electron chi connectivity index (χ3n) is 2.58. The van der Waals surface area contributed by atoms with E-state index < -0.39 is 12.1 Å². The van der Waals surface area contributed by atoms with Crippen molar-refractivity contribution in [3.8, 4) is 0 Å². The molecule has 1 atom stereocenters. The highest BCUT2D eigenvalue weighted by molar-refractivity contribution is 7.81. The summed E-state index contributed by atoms with van der Waals surface area (Å²) < 4.78 is 18.0. The fourth-order valence-corrected chi connectivity index (χ4v) is 1.80. The van der Waals surface area contributed by atoms with Gasteiger partial charge in [-0.2, -0.15) is 12.6 Å². The Bertz CT molecular complexity index is 435. The van der Waals surface area contributed by atoms with Crippen molar-refractivity contribution in [1.29, 1.82) is 0 Å². The number of rotatable bonds is 6. The normalized spacial score (nSPS) is 11.7. The molecule has 0 aliphatic heterocycles. The lowest BCUT2D eigenvalue weighted by Gasteiger charge is -2.17. The topological polar surface area (TPSA) is 55.4 Å². The van der Waals surface area contributed by atoms with Gasteiger partial charge < -0.3 is 10.1 Å². The molecule has 0 heterocycles. The van der Waals surface area contributed by atoms with Crippen LogP contribution in [-0.4, -0.2) is 30.8 Å².